The summed E-state index contributed by atoms with van der Waals surface area (Å²) < 4.78 is 61.5. The summed E-state index contributed by atoms with van der Waals surface area (Å²) in [6, 6.07) is 1.95. The van der Waals surface area contributed by atoms with Crippen molar-refractivity contribution in [1.29, 1.82) is 0 Å². The van der Waals surface area contributed by atoms with Crippen molar-refractivity contribution in [2.24, 2.45) is 5.92 Å². The molecule has 0 radical (unpaired) electrons. The zero-order chi connectivity index (χ0) is 28.6. The molecule has 4 N–H and O–H groups in total. The lowest BCUT2D eigenvalue weighted by Gasteiger charge is -2.32. The van der Waals surface area contributed by atoms with Crippen LogP contribution in [-0.2, 0) is 11.0 Å². The van der Waals surface area contributed by atoms with E-state index in [0.717, 1.165) is 25.0 Å². The minimum absolute atomic E-state index is 0.0188. The van der Waals surface area contributed by atoms with Crippen LogP contribution in [0.15, 0.2) is 24.5 Å². The van der Waals surface area contributed by atoms with Crippen molar-refractivity contribution in [2.75, 3.05) is 13.2 Å². The van der Waals surface area contributed by atoms with Crippen molar-refractivity contribution >= 4 is 22.8 Å². The molecule has 214 valence electrons. The summed E-state index contributed by atoms with van der Waals surface area (Å²) in [4.78, 5) is 36.2. The maximum Gasteiger partial charge on any atom is 0.416 e. The first-order valence-electron chi connectivity index (χ1n) is 13.1. The van der Waals surface area contributed by atoms with E-state index in [0.29, 0.717) is 24.6 Å². The third-order valence-electron chi connectivity index (χ3n) is 7.33. The molecule has 2 aliphatic rings. The molecule has 0 saturated heterocycles. The Balaban J connectivity index is 1.43. The van der Waals surface area contributed by atoms with Gasteiger partial charge in [0, 0.05) is 23.7 Å². The smallest absolute Gasteiger partial charge is 0.416 e. The van der Waals surface area contributed by atoms with Gasteiger partial charge in [-0.05, 0) is 56.7 Å². The van der Waals surface area contributed by atoms with Crippen molar-refractivity contribution in [3.05, 3.63) is 41.3 Å². The third-order valence-corrected chi connectivity index (χ3v) is 7.33. The molecule has 0 bridgehead atoms. The van der Waals surface area contributed by atoms with Gasteiger partial charge in [-0.2, -0.15) is 13.2 Å². The van der Waals surface area contributed by atoms with E-state index in [2.05, 4.69) is 25.6 Å². The third kappa shape index (κ3) is 5.88. The molecule has 0 aliphatic heterocycles. The molecule has 40 heavy (non-hydrogen) atoms. The average molecular weight is 564 g/mol. The molecule has 2 heterocycles. The van der Waals surface area contributed by atoms with Crippen LogP contribution in [0.25, 0.3) is 22.3 Å². The number of carbonyl (C=O) groups is 2. The Hall–Kier alpha value is -3.74. The van der Waals surface area contributed by atoms with Gasteiger partial charge in [0.25, 0.3) is 5.91 Å². The van der Waals surface area contributed by atoms with Gasteiger partial charge in [-0.15, -0.1) is 0 Å². The molecule has 5 rings (SSSR count). The predicted octanol–water partition coefficient (Wildman–Crippen LogP) is 3.84. The molecule has 9 nitrogen and oxygen atoms in total. The maximum absolute atomic E-state index is 14.9. The number of alkyl halides is 4. The lowest BCUT2D eigenvalue weighted by atomic mass is 9.89. The van der Waals surface area contributed by atoms with Gasteiger partial charge >= 0.3 is 6.18 Å². The first-order chi connectivity index (χ1) is 19.0. The minimum Gasteiger partial charge on any atom is -0.493 e. The number of benzene rings is 1. The average Bonchev–Trinajstić information content (AvgIpc) is 3.67. The first kappa shape index (κ1) is 27.8. The van der Waals surface area contributed by atoms with E-state index < -0.39 is 48.4 Å². The number of nitrogens with zero attached hydrogens (tertiary/aromatic N) is 2. The SMILES string of the molecule is Cc1[nH]c2c(-c3cc(C(F)(F)F)ccc3OCC3CC3)ncnc2c1C(=O)N[C@@H]1CC[C@H](NC(=O)CO)C[C@H]1F. The Labute approximate surface area is 226 Å². The predicted molar refractivity (Wildman–Crippen MR) is 136 cm³/mol. The van der Waals surface area contributed by atoms with Crippen LogP contribution in [0.2, 0.25) is 0 Å². The standard InChI is InChI=1S/C27H29F4N5O4/c1-13-22(26(39)36-19-6-5-16(9-18(19)28)35-21(38)10-37)24-25(34-13)23(32-12-33-24)17-8-15(27(29,30)31)4-7-20(17)40-11-14-2-3-14/h4,7-8,12,14,16,18-19,34,37H,2-3,5-6,9-11H2,1H3,(H,35,38)(H,36,39)/t16-,18+,19+/m0/s1. The van der Waals surface area contributed by atoms with Gasteiger partial charge in [0.2, 0.25) is 5.91 Å². The summed E-state index contributed by atoms with van der Waals surface area (Å²) >= 11 is 0. The number of ether oxygens (including phenoxy) is 1. The summed E-state index contributed by atoms with van der Waals surface area (Å²) in [5.41, 5.74) is 0.359. The zero-order valence-electron chi connectivity index (χ0n) is 21.6. The Morgan fingerprint density at radius 2 is 1.93 bits per heavy atom. The molecule has 2 aromatic heterocycles. The second-order valence-corrected chi connectivity index (χ2v) is 10.4. The number of halogens is 4. The largest absolute Gasteiger partial charge is 0.493 e. The molecule has 0 spiro atoms. The number of aryl methyl sites for hydroxylation is 1. The minimum atomic E-state index is -4.59. The lowest BCUT2D eigenvalue weighted by Crippen LogP contribution is -2.50. The second-order valence-electron chi connectivity index (χ2n) is 10.4. The van der Waals surface area contributed by atoms with Crippen LogP contribution in [-0.4, -0.2) is 63.3 Å². The van der Waals surface area contributed by atoms with Gasteiger partial charge in [0.1, 0.15) is 36.1 Å². The van der Waals surface area contributed by atoms with Crippen molar-refractivity contribution < 1.29 is 37.0 Å². The molecule has 2 amide bonds. The Morgan fingerprint density at radius 1 is 1.15 bits per heavy atom. The first-order valence-corrected chi connectivity index (χ1v) is 13.1. The fourth-order valence-electron chi connectivity index (χ4n) is 5.04. The van der Waals surface area contributed by atoms with Crippen LogP contribution >= 0.6 is 0 Å². The summed E-state index contributed by atoms with van der Waals surface area (Å²) in [5, 5.41) is 14.1. The van der Waals surface area contributed by atoms with E-state index >= 15 is 0 Å². The number of aliphatic hydroxyl groups excluding tert-OH is 1. The molecule has 2 saturated carbocycles. The van der Waals surface area contributed by atoms with Gasteiger partial charge < -0.3 is 25.5 Å². The van der Waals surface area contributed by atoms with Crippen LogP contribution in [0, 0.1) is 12.8 Å². The molecule has 3 atom stereocenters. The highest BCUT2D eigenvalue weighted by molar-refractivity contribution is 6.09. The van der Waals surface area contributed by atoms with Gasteiger partial charge in [-0.25, -0.2) is 14.4 Å². The van der Waals surface area contributed by atoms with Crippen molar-refractivity contribution in [1.82, 2.24) is 25.6 Å². The number of aromatic amines is 1. The summed E-state index contributed by atoms with van der Waals surface area (Å²) in [6.45, 7) is 1.30. The number of fused-ring (bicyclic) bond motifs is 1. The molecule has 1 aromatic carbocycles. The van der Waals surface area contributed by atoms with Gasteiger partial charge in [0.05, 0.1) is 29.3 Å². The number of hydrogen-bond acceptors (Lipinski definition) is 6. The number of rotatable bonds is 8. The highest BCUT2D eigenvalue weighted by Gasteiger charge is 2.35. The number of aliphatic hydroxyl groups is 1. The fraction of sp³-hybridized carbons (Fsp3) is 0.481. The zero-order valence-corrected chi connectivity index (χ0v) is 21.6. The number of carbonyl (C=O) groups excluding carboxylic acids is 2. The summed E-state index contributed by atoms with van der Waals surface area (Å²) in [5.74, 6) is -0.577. The van der Waals surface area contributed by atoms with E-state index in [1.165, 1.54) is 12.4 Å². The number of nitrogens with one attached hydrogen (secondary N) is 3. The van der Waals surface area contributed by atoms with E-state index in [4.69, 9.17) is 9.84 Å². The maximum atomic E-state index is 14.9. The molecule has 2 fully saturated rings. The molecule has 13 heteroatoms. The van der Waals surface area contributed by atoms with Gasteiger partial charge in [-0.1, -0.05) is 0 Å². The van der Waals surface area contributed by atoms with Crippen LogP contribution in [0.3, 0.4) is 0 Å². The number of aromatic nitrogens is 3. The Bertz CT molecular complexity index is 1420. The fourth-order valence-corrected chi connectivity index (χ4v) is 5.04. The highest BCUT2D eigenvalue weighted by Crippen LogP contribution is 2.40. The van der Waals surface area contributed by atoms with E-state index in [9.17, 15) is 27.2 Å². The van der Waals surface area contributed by atoms with E-state index in [1.807, 2.05) is 0 Å². The molecular weight excluding hydrogens is 534 g/mol. The van der Waals surface area contributed by atoms with Gasteiger partial charge in [-0.3, -0.25) is 9.59 Å². The topological polar surface area (TPSA) is 129 Å². The van der Waals surface area contributed by atoms with E-state index in [1.54, 1.807) is 6.92 Å². The molecule has 0 unspecified atom stereocenters. The summed E-state index contributed by atoms with van der Waals surface area (Å²) in [7, 11) is 0. The molecule has 2 aliphatic carbocycles. The molecular formula is C27H29F4N5O4. The van der Waals surface area contributed by atoms with Crippen LogP contribution in [0.5, 0.6) is 5.75 Å². The van der Waals surface area contributed by atoms with Crippen molar-refractivity contribution in [2.45, 2.75) is 63.5 Å². The number of H-pyrrole nitrogens is 1. The summed E-state index contributed by atoms with van der Waals surface area (Å²) in [6.07, 6.45) is -2.20. The number of amides is 2. The lowest BCUT2D eigenvalue weighted by molar-refractivity contribution is -0.137. The van der Waals surface area contributed by atoms with Gasteiger partial charge in [0.15, 0.2) is 0 Å². The van der Waals surface area contributed by atoms with Crippen molar-refractivity contribution in [3.63, 3.8) is 0 Å². The normalized spacial score (nSPS) is 21.3. The van der Waals surface area contributed by atoms with Crippen LogP contribution in [0.1, 0.15) is 53.7 Å². The second kappa shape index (κ2) is 11.0. The highest BCUT2D eigenvalue weighted by atomic mass is 19.4. The van der Waals surface area contributed by atoms with Crippen LogP contribution in [0.4, 0.5) is 17.6 Å². The quantitative estimate of drug-likeness (QED) is 0.309. The van der Waals surface area contributed by atoms with Crippen molar-refractivity contribution in [3.8, 4) is 17.0 Å². The Kier molecular flexibility index (Phi) is 7.67. The monoisotopic (exact) mass is 563 g/mol. The number of hydrogen-bond donors (Lipinski definition) is 4. The van der Waals surface area contributed by atoms with E-state index in [-0.39, 0.29) is 46.4 Å². The van der Waals surface area contributed by atoms with Crippen LogP contribution < -0.4 is 15.4 Å². The molecule has 3 aromatic rings. The Morgan fingerprint density at radius 3 is 2.60 bits per heavy atom.